The second kappa shape index (κ2) is 5.04. The number of rotatable bonds is 3. The van der Waals surface area contributed by atoms with Crippen molar-refractivity contribution in [2.45, 2.75) is 49.7 Å². The summed E-state index contributed by atoms with van der Waals surface area (Å²) >= 11 is 0. The van der Waals surface area contributed by atoms with Crippen LogP contribution in [0.15, 0.2) is 0 Å². The molecule has 0 spiro atoms. The van der Waals surface area contributed by atoms with Gasteiger partial charge >= 0.3 is 0 Å². The lowest BCUT2D eigenvalue weighted by molar-refractivity contribution is -0.135. The first kappa shape index (κ1) is 13.0. The Kier molecular flexibility index (Phi) is 3.85. The molecule has 2 aliphatic carbocycles. The van der Waals surface area contributed by atoms with E-state index in [9.17, 15) is 4.79 Å². The van der Waals surface area contributed by atoms with E-state index in [1.165, 1.54) is 19.3 Å². The van der Waals surface area contributed by atoms with E-state index in [-0.39, 0.29) is 17.6 Å². The standard InChI is InChI=1S/C13H25N3O/c1-14-10-8-9-6-4-5-7-13(9,16-3)12(17)11(10)15-2/h9-11,14-16H,4-8H2,1-3H3. The highest BCUT2D eigenvalue weighted by Gasteiger charge is 2.53. The van der Waals surface area contributed by atoms with Crippen molar-refractivity contribution in [3.05, 3.63) is 0 Å². The van der Waals surface area contributed by atoms with Gasteiger partial charge in [-0.05, 0) is 46.3 Å². The Hall–Kier alpha value is -0.450. The minimum absolute atomic E-state index is 0.0539. The number of carbonyl (C=O) groups is 1. The van der Waals surface area contributed by atoms with Crippen molar-refractivity contribution in [2.75, 3.05) is 21.1 Å². The monoisotopic (exact) mass is 239 g/mol. The molecule has 0 saturated heterocycles. The van der Waals surface area contributed by atoms with Crippen molar-refractivity contribution in [1.29, 1.82) is 0 Å². The molecule has 0 aromatic carbocycles. The summed E-state index contributed by atoms with van der Waals surface area (Å²) in [7, 11) is 5.79. The Morgan fingerprint density at radius 1 is 1.18 bits per heavy atom. The largest absolute Gasteiger partial charge is 0.315 e. The summed E-state index contributed by atoms with van der Waals surface area (Å²) in [4.78, 5) is 12.7. The van der Waals surface area contributed by atoms with E-state index < -0.39 is 0 Å². The maximum absolute atomic E-state index is 12.7. The summed E-state index contributed by atoms with van der Waals surface area (Å²) in [5, 5.41) is 9.85. The smallest absolute Gasteiger partial charge is 0.171 e. The normalized spacial score (nSPS) is 42.3. The van der Waals surface area contributed by atoms with Crippen LogP contribution in [0.1, 0.15) is 32.1 Å². The summed E-state index contributed by atoms with van der Waals surface area (Å²) in [6.07, 6.45) is 5.71. The molecule has 4 nitrogen and oxygen atoms in total. The van der Waals surface area contributed by atoms with Crippen molar-refractivity contribution < 1.29 is 4.79 Å². The predicted molar refractivity (Wildman–Crippen MR) is 69.1 cm³/mol. The van der Waals surface area contributed by atoms with Crippen molar-refractivity contribution in [2.24, 2.45) is 5.92 Å². The number of hydrogen-bond acceptors (Lipinski definition) is 4. The lowest BCUT2D eigenvalue weighted by Gasteiger charge is -2.51. The highest BCUT2D eigenvalue weighted by atomic mass is 16.1. The highest BCUT2D eigenvalue weighted by Crippen LogP contribution is 2.41. The minimum atomic E-state index is -0.265. The van der Waals surface area contributed by atoms with Gasteiger partial charge in [0.1, 0.15) is 0 Å². The second-order valence-corrected chi connectivity index (χ2v) is 5.43. The van der Waals surface area contributed by atoms with Crippen LogP contribution in [0.25, 0.3) is 0 Å². The third-order valence-electron chi connectivity index (χ3n) is 4.86. The van der Waals surface area contributed by atoms with E-state index >= 15 is 0 Å². The molecule has 0 amide bonds. The van der Waals surface area contributed by atoms with Gasteiger partial charge in [-0.15, -0.1) is 0 Å². The number of ketones is 1. The quantitative estimate of drug-likeness (QED) is 0.662. The fourth-order valence-corrected chi connectivity index (χ4v) is 3.86. The molecule has 0 heterocycles. The summed E-state index contributed by atoms with van der Waals surface area (Å²) in [5.41, 5.74) is -0.265. The average Bonchev–Trinajstić information content (AvgIpc) is 2.38. The third-order valence-corrected chi connectivity index (χ3v) is 4.86. The molecule has 17 heavy (non-hydrogen) atoms. The molecule has 4 atom stereocenters. The van der Waals surface area contributed by atoms with Gasteiger partial charge in [0, 0.05) is 6.04 Å². The van der Waals surface area contributed by atoms with E-state index in [2.05, 4.69) is 16.0 Å². The lowest BCUT2D eigenvalue weighted by Crippen LogP contribution is -2.70. The van der Waals surface area contributed by atoms with E-state index in [0.29, 0.717) is 11.7 Å². The minimum Gasteiger partial charge on any atom is -0.315 e. The summed E-state index contributed by atoms with van der Waals surface area (Å²) in [6.45, 7) is 0. The van der Waals surface area contributed by atoms with Gasteiger partial charge in [-0.2, -0.15) is 0 Å². The summed E-state index contributed by atoms with van der Waals surface area (Å²) in [6, 6.07) is 0.221. The maximum atomic E-state index is 12.7. The zero-order chi connectivity index (χ0) is 12.5. The topological polar surface area (TPSA) is 53.2 Å². The molecule has 0 aromatic heterocycles. The molecular weight excluding hydrogens is 214 g/mol. The van der Waals surface area contributed by atoms with Crippen LogP contribution in [0, 0.1) is 5.92 Å². The van der Waals surface area contributed by atoms with Crippen molar-refractivity contribution >= 4 is 5.78 Å². The van der Waals surface area contributed by atoms with E-state index in [1.807, 2.05) is 21.1 Å². The second-order valence-electron chi connectivity index (χ2n) is 5.43. The fourth-order valence-electron chi connectivity index (χ4n) is 3.86. The first-order valence-corrected chi connectivity index (χ1v) is 6.77. The molecule has 2 aliphatic rings. The molecule has 4 heteroatoms. The molecule has 4 unspecified atom stereocenters. The molecule has 3 N–H and O–H groups in total. The Bertz CT molecular complexity index is 294. The van der Waals surface area contributed by atoms with Crippen LogP contribution in [-0.4, -0.2) is 44.5 Å². The van der Waals surface area contributed by atoms with Gasteiger partial charge in [-0.1, -0.05) is 12.8 Å². The van der Waals surface area contributed by atoms with Crippen molar-refractivity contribution in [3.8, 4) is 0 Å². The van der Waals surface area contributed by atoms with E-state index in [4.69, 9.17) is 0 Å². The Labute approximate surface area is 104 Å². The molecule has 98 valence electrons. The van der Waals surface area contributed by atoms with Crippen LogP contribution in [0.5, 0.6) is 0 Å². The van der Waals surface area contributed by atoms with Crippen molar-refractivity contribution in [3.63, 3.8) is 0 Å². The number of hydrogen-bond donors (Lipinski definition) is 3. The Morgan fingerprint density at radius 2 is 1.94 bits per heavy atom. The number of carbonyl (C=O) groups excluding carboxylic acids is 1. The molecule has 0 aromatic rings. The zero-order valence-corrected chi connectivity index (χ0v) is 11.2. The van der Waals surface area contributed by atoms with Crippen LogP contribution in [0.2, 0.25) is 0 Å². The molecule has 2 fully saturated rings. The first-order chi connectivity index (χ1) is 8.19. The molecule has 0 bridgehead atoms. The molecule has 2 rings (SSSR count). The fraction of sp³-hybridized carbons (Fsp3) is 0.923. The Balaban J connectivity index is 2.29. The van der Waals surface area contributed by atoms with Crippen molar-refractivity contribution in [1.82, 2.24) is 16.0 Å². The number of Topliss-reactive ketones (excluding diaryl/α,β-unsaturated/α-hetero) is 1. The first-order valence-electron chi connectivity index (χ1n) is 6.77. The third kappa shape index (κ3) is 1.92. The van der Waals surface area contributed by atoms with Crippen LogP contribution in [-0.2, 0) is 4.79 Å². The van der Waals surface area contributed by atoms with Gasteiger partial charge in [0.25, 0.3) is 0 Å². The Morgan fingerprint density at radius 3 is 2.53 bits per heavy atom. The molecule has 2 saturated carbocycles. The van der Waals surface area contributed by atoms with Crippen LogP contribution < -0.4 is 16.0 Å². The van der Waals surface area contributed by atoms with E-state index in [0.717, 1.165) is 12.8 Å². The maximum Gasteiger partial charge on any atom is 0.171 e. The zero-order valence-electron chi connectivity index (χ0n) is 11.2. The molecular formula is C13H25N3O. The number of likely N-dealkylation sites (N-methyl/N-ethyl adjacent to an activating group) is 3. The van der Waals surface area contributed by atoms with Gasteiger partial charge in [0.05, 0.1) is 11.6 Å². The van der Waals surface area contributed by atoms with Gasteiger partial charge < -0.3 is 16.0 Å². The van der Waals surface area contributed by atoms with Crippen LogP contribution in [0.3, 0.4) is 0 Å². The van der Waals surface area contributed by atoms with E-state index in [1.54, 1.807) is 0 Å². The highest BCUT2D eigenvalue weighted by molar-refractivity contribution is 5.95. The van der Waals surface area contributed by atoms with Gasteiger partial charge in [0.15, 0.2) is 5.78 Å². The van der Waals surface area contributed by atoms with Gasteiger partial charge in [-0.3, -0.25) is 4.79 Å². The van der Waals surface area contributed by atoms with Gasteiger partial charge in [-0.25, -0.2) is 0 Å². The average molecular weight is 239 g/mol. The number of nitrogens with one attached hydrogen (secondary N) is 3. The number of fused-ring (bicyclic) bond motifs is 1. The SMILES string of the molecule is CNC1CC2CCCCC2(NC)C(=O)C1NC. The van der Waals surface area contributed by atoms with Gasteiger partial charge in [0.2, 0.25) is 0 Å². The molecule has 0 aliphatic heterocycles. The summed E-state index contributed by atoms with van der Waals surface area (Å²) < 4.78 is 0. The predicted octanol–water partition coefficient (Wildman–Crippen LogP) is 0.284. The van der Waals surface area contributed by atoms with Crippen LogP contribution >= 0.6 is 0 Å². The molecule has 0 radical (unpaired) electrons. The lowest BCUT2D eigenvalue weighted by atomic mass is 9.61. The summed E-state index contributed by atoms with van der Waals surface area (Å²) in [5.74, 6) is 0.855. The van der Waals surface area contributed by atoms with Crippen LogP contribution in [0.4, 0.5) is 0 Å².